The molecular weight excluding hydrogens is 302 g/mol. The summed E-state index contributed by atoms with van der Waals surface area (Å²) in [5.74, 6) is 0. The van der Waals surface area contributed by atoms with E-state index in [-0.39, 0.29) is 0 Å². The van der Waals surface area contributed by atoms with Gasteiger partial charge in [-0.25, -0.2) is 0 Å². The summed E-state index contributed by atoms with van der Waals surface area (Å²) in [7, 11) is 2.21. The van der Waals surface area contributed by atoms with Gasteiger partial charge in [-0.15, -0.1) is 0 Å². The van der Waals surface area contributed by atoms with Crippen LogP contribution in [0, 0.1) is 6.92 Å². The first-order chi connectivity index (χ1) is 9.11. The van der Waals surface area contributed by atoms with Gasteiger partial charge in [0.15, 0.2) is 0 Å². The minimum absolute atomic E-state index is 0.526. The third kappa shape index (κ3) is 3.71. The Kier molecular flexibility index (Phi) is 5.25. The van der Waals surface area contributed by atoms with Gasteiger partial charge < -0.3 is 15.5 Å². The fraction of sp³-hybridized carbons (Fsp3) is 0.600. The van der Waals surface area contributed by atoms with Crippen molar-refractivity contribution in [3.8, 4) is 0 Å². The fourth-order valence-electron chi connectivity index (χ4n) is 2.83. The van der Waals surface area contributed by atoms with Crippen molar-refractivity contribution in [3.05, 3.63) is 28.2 Å². The number of nitrogens with zero attached hydrogens (tertiary/aromatic N) is 2. The largest absolute Gasteiger partial charge is 0.367 e. The van der Waals surface area contributed by atoms with Gasteiger partial charge >= 0.3 is 0 Å². The molecule has 1 aromatic rings. The second kappa shape index (κ2) is 6.73. The molecule has 2 N–H and O–H groups in total. The quantitative estimate of drug-likeness (QED) is 0.927. The maximum atomic E-state index is 5.80. The van der Waals surface area contributed by atoms with Crippen LogP contribution in [0.4, 0.5) is 5.69 Å². The molecule has 3 nitrogen and oxygen atoms in total. The van der Waals surface area contributed by atoms with Gasteiger partial charge in [0, 0.05) is 29.3 Å². The molecule has 1 atom stereocenters. The first kappa shape index (κ1) is 14.8. The van der Waals surface area contributed by atoms with Crippen molar-refractivity contribution < 1.29 is 0 Å². The van der Waals surface area contributed by atoms with E-state index in [2.05, 4.69) is 57.9 Å². The molecule has 1 fully saturated rings. The normalized spacial score (nSPS) is 21.5. The number of anilines is 1. The van der Waals surface area contributed by atoms with Gasteiger partial charge in [0.1, 0.15) is 0 Å². The van der Waals surface area contributed by atoms with Crippen molar-refractivity contribution in [3.63, 3.8) is 0 Å². The molecular formula is C15H24BrN3. The Hall–Kier alpha value is -0.580. The standard InChI is InChI=1S/C15H24BrN3/c1-12-10-13(4-5-15(12)16)19-9-3-8-18(2)11-14(19)6-7-17/h4-5,10,14H,3,6-9,11,17H2,1-2H3. The Morgan fingerprint density at radius 1 is 1.37 bits per heavy atom. The first-order valence-electron chi connectivity index (χ1n) is 7.03. The van der Waals surface area contributed by atoms with E-state index in [0.29, 0.717) is 6.04 Å². The van der Waals surface area contributed by atoms with Crippen LogP contribution in [0.3, 0.4) is 0 Å². The molecule has 0 aromatic heterocycles. The highest BCUT2D eigenvalue weighted by atomic mass is 79.9. The minimum Gasteiger partial charge on any atom is -0.367 e. The van der Waals surface area contributed by atoms with E-state index in [1.165, 1.54) is 28.7 Å². The van der Waals surface area contributed by atoms with Crippen LogP contribution in [-0.4, -0.2) is 44.2 Å². The van der Waals surface area contributed by atoms with Gasteiger partial charge in [-0.05, 0) is 63.7 Å². The zero-order valence-electron chi connectivity index (χ0n) is 11.9. The van der Waals surface area contributed by atoms with Crippen molar-refractivity contribution in [2.45, 2.75) is 25.8 Å². The van der Waals surface area contributed by atoms with Crippen molar-refractivity contribution in [2.24, 2.45) is 5.73 Å². The highest BCUT2D eigenvalue weighted by Gasteiger charge is 2.23. The lowest BCUT2D eigenvalue weighted by molar-refractivity contribution is 0.326. The summed E-state index contributed by atoms with van der Waals surface area (Å²) in [5, 5.41) is 0. The SMILES string of the molecule is Cc1cc(N2CCCN(C)CC2CCN)ccc1Br. The van der Waals surface area contributed by atoms with E-state index in [1.807, 2.05) is 0 Å². The van der Waals surface area contributed by atoms with Crippen LogP contribution in [0.1, 0.15) is 18.4 Å². The Morgan fingerprint density at radius 3 is 2.84 bits per heavy atom. The maximum Gasteiger partial charge on any atom is 0.0428 e. The molecule has 1 unspecified atom stereocenters. The van der Waals surface area contributed by atoms with Gasteiger partial charge in [-0.2, -0.15) is 0 Å². The van der Waals surface area contributed by atoms with Gasteiger partial charge in [0.25, 0.3) is 0 Å². The van der Waals surface area contributed by atoms with Crippen LogP contribution < -0.4 is 10.6 Å². The third-order valence-electron chi connectivity index (χ3n) is 3.88. The molecule has 0 bridgehead atoms. The first-order valence-corrected chi connectivity index (χ1v) is 7.82. The number of nitrogens with two attached hydrogens (primary N) is 1. The molecule has 0 aliphatic carbocycles. The molecule has 0 saturated carbocycles. The van der Waals surface area contributed by atoms with Gasteiger partial charge in [0.05, 0.1) is 0 Å². The Bertz CT molecular complexity index is 422. The number of hydrogen-bond acceptors (Lipinski definition) is 3. The number of aryl methyl sites for hydroxylation is 1. The van der Waals surface area contributed by atoms with Crippen LogP contribution in [0.2, 0.25) is 0 Å². The summed E-state index contributed by atoms with van der Waals surface area (Å²) in [5.41, 5.74) is 8.42. The molecule has 1 aliphatic heterocycles. The predicted octanol–water partition coefficient (Wildman–Crippen LogP) is 2.62. The van der Waals surface area contributed by atoms with E-state index in [1.54, 1.807) is 0 Å². The fourth-order valence-corrected chi connectivity index (χ4v) is 3.08. The van der Waals surface area contributed by atoms with Gasteiger partial charge in [0.2, 0.25) is 0 Å². The second-order valence-corrected chi connectivity index (χ2v) is 6.33. The van der Waals surface area contributed by atoms with E-state index in [9.17, 15) is 0 Å². The van der Waals surface area contributed by atoms with Gasteiger partial charge in [-0.1, -0.05) is 15.9 Å². The highest BCUT2D eigenvalue weighted by molar-refractivity contribution is 9.10. The van der Waals surface area contributed by atoms with Crippen molar-refractivity contribution in [1.29, 1.82) is 0 Å². The van der Waals surface area contributed by atoms with E-state index < -0.39 is 0 Å². The van der Waals surface area contributed by atoms with Crippen molar-refractivity contribution >= 4 is 21.6 Å². The molecule has 106 valence electrons. The topological polar surface area (TPSA) is 32.5 Å². The second-order valence-electron chi connectivity index (χ2n) is 5.47. The summed E-state index contributed by atoms with van der Waals surface area (Å²) in [6, 6.07) is 7.17. The lowest BCUT2D eigenvalue weighted by Gasteiger charge is -2.33. The molecule has 1 aliphatic rings. The smallest absolute Gasteiger partial charge is 0.0428 e. The average Bonchev–Trinajstić information content (AvgIpc) is 2.55. The number of likely N-dealkylation sites (N-methyl/N-ethyl adjacent to an activating group) is 1. The summed E-state index contributed by atoms with van der Waals surface area (Å²) in [6.07, 6.45) is 2.27. The van der Waals surface area contributed by atoms with Crippen LogP contribution in [0.5, 0.6) is 0 Å². The molecule has 0 amide bonds. The van der Waals surface area contributed by atoms with E-state index >= 15 is 0 Å². The average molecular weight is 326 g/mol. The molecule has 1 heterocycles. The zero-order valence-corrected chi connectivity index (χ0v) is 13.5. The molecule has 1 aromatic carbocycles. The molecule has 19 heavy (non-hydrogen) atoms. The molecule has 4 heteroatoms. The lowest BCUT2D eigenvalue weighted by atomic mass is 10.1. The number of halogens is 1. The molecule has 1 saturated heterocycles. The molecule has 0 radical (unpaired) electrons. The van der Waals surface area contributed by atoms with Gasteiger partial charge in [-0.3, -0.25) is 0 Å². The number of benzene rings is 1. The maximum absolute atomic E-state index is 5.80. The lowest BCUT2D eigenvalue weighted by Crippen LogP contribution is -2.41. The summed E-state index contributed by atoms with van der Waals surface area (Å²) < 4.78 is 1.18. The summed E-state index contributed by atoms with van der Waals surface area (Å²) in [4.78, 5) is 4.96. The van der Waals surface area contributed by atoms with E-state index in [0.717, 1.165) is 26.1 Å². The van der Waals surface area contributed by atoms with Crippen LogP contribution >= 0.6 is 15.9 Å². The minimum atomic E-state index is 0.526. The summed E-state index contributed by atoms with van der Waals surface area (Å²) in [6.45, 7) is 6.30. The Labute approximate surface area is 124 Å². The number of rotatable bonds is 3. The van der Waals surface area contributed by atoms with Crippen LogP contribution in [0.15, 0.2) is 22.7 Å². The summed E-state index contributed by atoms with van der Waals surface area (Å²) >= 11 is 3.58. The Balaban J connectivity index is 2.24. The Morgan fingerprint density at radius 2 is 2.16 bits per heavy atom. The van der Waals surface area contributed by atoms with Crippen molar-refractivity contribution in [1.82, 2.24) is 4.90 Å². The molecule has 2 rings (SSSR count). The molecule has 0 spiro atoms. The predicted molar refractivity (Wildman–Crippen MR) is 85.8 cm³/mol. The highest BCUT2D eigenvalue weighted by Crippen LogP contribution is 2.26. The monoisotopic (exact) mass is 325 g/mol. The number of hydrogen-bond donors (Lipinski definition) is 1. The van der Waals surface area contributed by atoms with Crippen molar-refractivity contribution in [2.75, 3.05) is 38.1 Å². The van der Waals surface area contributed by atoms with E-state index in [4.69, 9.17) is 5.73 Å². The third-order valence-corrected chi connectivity index (χ3v) is 4.76. The zero-order chi connectivity index (χ0) is 13.8. The van der Waals surface area contributed by atoms with Crippen LogP contribution in [-0.2, 0) is 0 Å². The van der Waals surface area contributed by atoms with Crippen LogP contribution in [0.25, 0.3) is 0 Å².